The van der Waals surface area contributed by atoms with E-state index in [0.717, 1.165) is 32.9 Å². The Morgan fingerprint density at radius 3 is 1.82 bits per heavy atom. The van der Waals surface area contributed by atoms with Crippen molar-refractivity contribution in [3.8, 4) is 17.2 Å². The van der Waals surface area contributed by atoms with Crippen molar-refractivity contribution in [2.75, 3.05) is 14.2 Å². The van der Waals surface area contributed by atoms with Crippen LogP contribution < -0.4 is 9.47 Å². The molecule has 0 aliphatic heterocycles. The second-order valence-electron chi connectivity index (χ2n) is 10.4. The minimum Gasteiger partial charge on any atom is -0.507 e. The Hall–Kier alpha value is -2.59. The van der Waals surface area contributed by atoms with Gasteiger partial charge in [-0.2, -0.15) is 0 Å². The van der Waals surface area contributed by atoms with Crippen LogP contribution in [0.25, 0.3) is 0 Å². The highest BCUT2D eigenvalue weighted by Crippen LogP contribution is 2.49. The Bertz CT molecular complexity index is 1060. The molecule has 0 saturated carbocycles. The van der Waals surface area contributed by atoms with Gasteiger partial charge in [-0.1, -0.05) is 84.0 Å². The third-order valence-electron chi connectivity index (χ3n) is 5.76. The van der Waals surface area contributed by atoms with Gasteiger partial charge in [0.1, 0.15) is 5.75 Å². The number of methoxy groups -OCH3 is 2. The summed E-state index contributed by atoms with van der Waals surface area (Å²) in [6, 6.07) is 20.7. The number of hydrogen-bond acceptors (Lipinski definition) is 4. The molecule has 0 spiro atoms. The number of hydrogen-bond donors (Lipinski definition) is 1. The first-order valence-electron chi connectivity index (χ1n) is 11.3. The molecule has 3 aromatic rings. The van der Waals surface area contributed by atoms with Gasteiger partial charge in [-0.3, -0.25) is 0 Å². The molecule has 4 heteroatoms. The molecule has 0 aliphatic carbocycles. The van der Waals surface area contributed by atoms with Crippen LogP contribution in [-0.4, -0.2) is 19.3 Å². The number of ether oxygens (including phenoxy) is 2. The topological polar surface area (TPSA) is 38.7 Å². The molecular weight excluding hydrogens is 428 g/mol. The van der Waals surface area contributed by atoms with Crippen molar-refractivity contribution in [3.05, 3.63) is 82.9 Å². The van der Waals surface area contributed by atoms with Gasteiger partial charge in [-0.15, -0.1) is 11.8 Å². The van der Waals surface area contributed by atoms with Crippen LogP contribution in [0.2, 0.25) is 0 Å². The van der Waals surface area contributed by atoms with Gasteiger partial charge in [-0.25, -0.2) is 0 Å². The summed E-state index contributed by atoms with van der Waals surface area (Å²) in [5.74, 6) is 1.83. The zero-order chi connectivity index (χ0) is 24.4. The summed E-state index contributed by atoms with van der Waals surface area (Å²) in [7, 11) is 3.35. The monoisotopic (exact) mass is 464 g/mol. The fourth-order valence-corrected chi connectivity index (χ4v) is 5.19. The summed E-state index contributed by atoms with van der Waals surface area (Å²) >= 11 is 1.77. The maximum Gasteiger partial charge on any atom is 0.165 e. The predicted molar refractivity (Wildman–Crippen MR) is 139 cm³/mol. The van der Waals surface area contributed by atoms with Crippen LogP contribution in [-0.2, 0) is 10.8 Å². The Kier molecular flexibility index (Phi) is 7.38. The van der Waals surface area contributed by atoms with Crippen LogP contribution >= 0.6 is 11.8 Å². The van der Waals surface area contributed by atoms with Crippen molar-refractivity contribution < 1.29 is 14.6 Å². The molecule has 0 fully saturated rings. The first-order valence-corrected chi connectivity index (χ1v) is 12.2. The van der Waals surface area contributed by atoms with Crippen molar-refractivity contribution in [2.45, 2.75) is 62.5 Å². The van der Waals surface area contributed by atoms with E-state index >= 15 is 0 Å². The van der Waals surface area contributed by atoms with E-state index in [4.69, 9.17) is 9.47 Å². The fraction of sp³-hybridized carbons (Fsp3) is 0.379. The Morgan fingerprint density at radius 2 is 1.33 bits per heavy atom. The van der Waals surface area contributed by atoms with Gasteiger partial charge in [0, 0.05) is 10.5 Å². The molecule has 0 radical (unpaired) electrons. The number of phenols is 1. The van der Waals surface area contributed by atoms with Gasteiger partial charge in [0.2, 0.25) is 0 Å². The van der Waals surface area contributed by atoms with E-state index in [0.29, 0.717) is 11.5 Å². The molecule has 0 amide bonds. The Morgan fingerprint density at radius 1 is 0.758 bits per heavy atom. The minimum atomic E-state index is -0.208. The van der Waals surface area contributed by atoms with Gasteiger partial charge in [-0.05, 0) is 45.7 Å². The second-order valence-corrected chi connectivity index (χ2v) is 11.5. The Labute approximate surface area is 203 Å². The van der Waals surface area contributed by atoms with Crippen molar-refractivity contribution in [1.29, 1.82) is 0 Å². The fourth-order valence-electron chi connectivity index (χ4n) is 4.02. The normalized spacial score (nSPS) is 13.0. The SMILES string of the molecule is COc1cccc(C(Sc2ccccc2)c2cc(C(C)(C)C)c(O)c(C(C)(C)C)c2)c1OC. The van der Waals surface area contributed by atoms with Crippen molar-refractivity contribution in [2.24, 2.45) is 0 Å². The first kappa shape index (κ1) is 25.0. The van der Waals surface area contributed by atoms with Gasteiger partial charge < -0.3 is 14.6 Å². The van der Waals surface area contributed by atoms with Gasteiger partial charge >= 0.3 is 0 Å². The van der Waals surface area contributed by atoms with Crippen molar-refractivity contribution in [3.63, 3.8) is 0 Å². The highest BCUT2D eigenvalue weighted by atomic mass is 32.2. The number of phenolic OH excluding ortho intramolecular Hbond substituents is 1. The lowest BCUT2D eigenvalue weighted by Gasteiger charge is -2.30. The largest absolute Gasteiger partial charge is 0.507 e. The van der Waals surface area contributed by atoms with Crippen molar-refractivity contribution >= 4 is 11.8 Å². The Balaban J connectivity index is 2.32. The first-order chi connectivity index (χ1) is 15.5. The van der Waals surface area contributed by atoms with E-state index in [2.05, 4.69) is 84.0 Å². The molecule has 176 valence electrons. The van der Waals surface area contributed by atoms with E-state index in [9.17, 15) is 5.11 Å². The lowest BCUT2D eigenvalue weighted by atomic mass is 9.78. The highest BCUT2D eigenvalue weighted by molar-refractivity contribution is 7.99. The van der Waals surface area contributed by atoms with E-state index in [1.165, 1.54) is 0 Å². The standard InChI is InChI=1S/C29H36O3S/c1-28(2,3)22-17-19(18-23(25(22)30)29(4,5)6)27(33-20-13-10-9-11-14-20)21-15-12-16-24(31-7)26(21)32-8/h9-18,27,30H,1-8H3. The van der Waals surface area contributed by atoms with Crippen LogP contribution in [0.3, 0.4) is 0 Å². The van der Waals surface area contributed by atoms with Crippen LogP contribution in [0.15, 0.2) is 65.6 Å². The van der Waals surface area contributed by atoms with Crippen LogP contribution in [0.4, 0.5) is 0 Å². The molecule has 1 N–H and O–H groups in total. The maximum atomic E-state index is 11.3. The summed E-state index contributed by atoms with van der Waals surface area (Å²) < 4.78 is 11.5. The molecule has 3 aromatic carbocycles. The van der Waals surface area contributed by atoms with E-state index in [1.807, 2.05) is 18.2 Å². The molecule has 1 unspecified atom stereocenters. The molecule has 33 heavy (non-hydrogen) atoms. The number of rotatable bonds is 6. The molecule has 3 nitrogen and oxygen atoms in total. The molecule has 1 atom stereocenters. The van der Waals surface area contributed by atoms with E-state index in [1.54, 1.807) is 26.0 Å². The van der Waals surface area contributed by atoms with E-state index < -0.39 is 0 Å². The molecule has 0 bridgehead atoms. The summed E-state index contributed by atoms with van der Waals surface area (Å²) in [6.07, 6.45) is 0. The highest BCUT2D eigenvalue weighted by Gasteiger charge is 2.30. The number of benzene rings is 3. The predicted octanol–water partition coefficient (Wildman–Crippen LogP) is 7.89. The molecule has 0 heterocycles. The smallest absolute Gasteiger partial charge is 0.165 e. The van der Waals surface area contributed by atoms with Gasteiger partial charge in [0.25, 0.3) is 0 Å². The second kappa shape index (κ2) is 9.72. The van der Waals surface area contributed by atoms with Gasteiger partial charge in [0.15, 0.2) is 11.5 Å². The third kappa shape index (κ3) is 5.50. The molecule has 3 rings (SSSR count). The average molecular weight is 465 g/mol. The summed E-state index contributed by atoms with van der Waals surface area (Å²) in [4.78, 5) is 1.16. The molecule has 0 saturated heterocycles. The number of aromatic hydroxyl groups is 1. The lowest BCUT2D eigenvalue weighted by Crippen LogP contribution is -2.18. The molecule has 0 aromatic heterocycles. The molecular formula is C29H36O3S. The van der Waals surface area contributed by atoms with Gasteiger partial charge in [0.05, 0.1) is 19.5 Å². The number of thioether (sulfide) groups is 1. The van der Waals surface area contributed by atoms with E-state index in [-0.39, 0.29) is 16.1 Å². The van der Waals surface area contributed by atoms with Crippen LogP contribution in [0.5, 0.6) is 17.2 Å². The minimum absolute atomic E-state index is 0.0553. The quantitative estimate of drug-likeness (QED) is 0.377. The third-order valence-corrected chi connectivity index (χ3v) is 7.07. The maximum absolute atomic E-state index is 11.3. The zero-order valence-corrected chi connectivity index (χ0v) is 21.8. The molecule has 0 aliphatic rings. The average Bonchev–Trinajstić information content (AvgIpc) is 2.76. The lowest BCUT2D eigenvalue weighted by molar-refractivity contribution is 0.352. The summed E-state index contributed by atoms with van der Waals surface area (Å²) in [5.41, 5.74) is 3.65. The zero-order valence-electron chi connectivity index (χ0n) is 21.0. The van der Waals surface area contributed by atoms with Crippen LogP contribution in [0.1, 0.15) is 69.0 Å². The van der Waals surface area contributed by atoms with Crippen molar-refractivity contribution in [1.82, 2.24) is 0 Å². The van der Waals surface area contributed by atoms with Crippen LogP contribution in [0, 0.1) is 0 Å². The number of para-hydroxylation sites is 1. The summed E-state index contributed by atoms with van der Waals surface area (Å²) in [5, 5.41) is 11.2. The summed E-state index contributed by atoms with van der Waals surface area (Å²) in [6.45, 7) is 12.9.